The molecule has 1 aliphatic rings. The van der Waals surface area contributed by atoms with E-state index in [1.807, 2.05) is 0 Å². The first kappa shape index (κ1) is 20.2. The van der Waals surface area contributed by atoms with Gasteiger partial charge in [-0.25, -0.2) is 13.2 Å². The summed E-state index contributed by atoms with van der Waals surface area (Å²) in [5.74, 6) is -2.63. The third kappa shape index (κ3) is 3.83. The van der Waals surface area contributed by atoms with Crippen molar-refractivity contribution in [2.75, 3.05) is 13.7 Å². The van der Waals surface area contributed by atoms with Gasteiger partial charge < -0.3 is 9.84 Å². The molecule has 1 aromatic carbocycles. The molecule has 1 fully saturated rings. The summed E-state index contributed by atoms with van der Waals surface area (Å²) >= 11 is 0. The molecule has 0 aromatic heterocycles. The number of benzene rings is 1. The molecule has 0 amide bonds. The number of carbonyl (C=O) groups is 2. The Kier molecular flexibility index (Phi) is 5.61. The van der Waals surface area contributed by atoms with Gasteiger partial charge in [0.15, 0.2) is 0 Å². The molecular formula is C15H16F3NO6S. The summed E-state index contributed by atoms with van der Waals surface area (Å²) in [6.07, 6.45) is -4.03. The van der Waals surface area contributed by atoms with Crippen LogP contribution < -0.4 is 0 Å². The van der Waals surface area contributed by atoms with Crippen LogP contribution in [0.3, 0.4) is 0 Å². The predicted molar refractivity (Wildman–Crippen MR) is 82.0 cm³/mol. The topological polar surface area (TPSA) is 101 Å². The Morgan fingerprint density at radius 2 is 1.92 bits per heavy atom. The van der Waals surface area contributed by atoms with E-state index < -0.39 is 50.2 Å². The summed E-state index contributed by atoms with van der Waals surface area (Å²) in [6, 6.07) is 0.532. The van der Waals surface area contributed by atoms with E-state index in [0.717, 1.165) is 13.2 Å². The highest BCUT2D eigenvalue weighted by molar-refractivity contribution is 7.89. The number of methoxy groups -OCH3 is 1. The number of carboxylic acid groups (broad SMARTS) is 1. The zero-order valence-electron chi connectivity index (χ0n) is 13.6. The van der Waals surface area contributed by atoms with Crippen LogP contribution in [0.2, 0.25) is 0 Å². The van der Waals surface area contributed by atoms with E-state index >= 15 is 0 Å². The number of carbonyl (C=O) groups excluding carboxylic acids is 1. The first-order valence-electron chi connectivity index (χ1n) is 7.54. The van der Waals surface area contributed by atoms with Gasteiger partial charge in [-0.1, -0.05) is 0 Å². The van der Waals surface area contributed by atoms with Gasteiger partial charge in [0.25, 0.3) is 0 Å². The number of rotatable bonds is 4. The van der Waals surface area contributed by atoms with Gasteiger partial charge in [-0.2, -0.15) is 17.5 Å². The minimum absolute atomic E-state index is 0.0704. The SMILES string of the molecule is COC(=O)c1ccc(S(=O)(=O)N2CCCCC2C(=O)O)cc1C(F)(F)F. The van der Waals surface area contributed by atoms with E-state index in [0.29, 0.717) is 29.3 Å². The van der Waals surface area contributed by atoms with Gasteiger partial charge in [0.1, 0.15) is 6.04 Å². The zero-order chi connectivity index (χ0) is 19.7. The lowest BCUT2D eigenvalue weighted by Crippen LogP contribution is -2.47. The number of carboxylic acids is 1. The van der Waals surface area contributed by atoms with Gasteiger partial charge in [0, 0.05) is 6.54 Å². The van der Waals surface area contributed by atoms with Crippen LogP contribution in [0.4, 0.5) is 13.2 Å². The third-order valence-electron chi connectivity index (χ3n) is 4.05. The molecule has 1 saturated heterocycles. The van der Waals surface area contributed by atoms with Crippen molar-refractivity contribution >= 4 is 22.0 Å². The summed E-state index contributed by atoms with van der Waals surface area (Å²) in [6.45, 7) is -0.112. The fourth-order valence-electron chi connectivity index (χ4n) is 2.78. The summed E-state index contributed by atoms with van der Waals surface area (Å²) in [5.41, 5.74) is -2.29. The van der Waals surface area contributed by atoms with Crippen molar-refractivity contribution in [3.8, 4) is 0 Å². The number of nitrogens with zero attached hydrogens (tertiary/aromatic N) is 1. The highest BCUT2D eigenvalue weighted by Crippen LogP contribution is 2.35. The lowest BCUT2D eigenvalue weighted by Gasteiger charge is -2.32. The van der Waals surface area contributed by atoms with Gasteiger partial charge in [-0.15, -0.1) is 0 Å². The van der Waals surface area contributed by atoms with Crippen molar-refractivity contribution in [3.63, 3.8) is 0 Å². The van der Waals surface area contributed by atoms with Gasteiger partial charge in [-0.3, -0.25) is 4.79 Å². The lowest BCUT2D eigenvalue weighted by atomic mass is 10.1. The highest BCUT2D eigenvalue weighted by Gasteiger charge is 2.41. The maximum Gasteiger partial charge on any atom is 0.417 e. The van der Waals surface area contributed by atoms with Crippen LogP contribution in [-0.2, 0) is 25.7 Å². The van der Waals surface area contributed by atoms with Crippen LogP contribution in [0.25, 0.3) is 0 Å². The number of ether oxygens (including phenoxy) is 1. The van der Waals surface area contributed by atoms with E-state index in [-0.39, 0.29) is 13.0 Å². The average molecular weight is 395 g/mol. The second-order valence-corrected chi connectivity index (χ2v) is 7.55. The van der Waals surface area contributed by atoms with E-state index in [9.17, 15) is 36.3 Å². The predicted octanol–water partition coefficient (Wildman–Crippen LogP) is 2.12. The molecular weight excluding hydrogens is 379 g/mol. The summed E-state index contributed by atoms with van der Waals surface area (Å²) in [4.78, 5) is 22.1. The Balaban J connectivity index is 2.56. The summed E-state index contributed by atoms with van der Waals surface area (Å²) in [7, 11) is -3.59. The molecule has 26 heavy (non-hydrogen) atoms. The van der Waals surface area contributed by atoms with Gasteiger partial charge >= 0.3 is 18.1 Å². The largest absolute Gasteiger partial charge is 0.480 e. The second kappa shape index (κ2) is 7.23. The van der Waals surface area contributed by atoms with E-state index in [1.54, 1.807) is 0 Å². The van der Waals surface area contributed by atoms with Crippen molar-refractivity contribution in [3.05, 3.63) is 29.3 Å². The zero-order valence-corrected chi connectivity index (χ0v) is 14.4. The Hall–Kier alpha value is -2.14. The van der Waals surface area contributed by atoms with Crippen LogP contribution >= 0.6 is 0 Å². The summed E-state index contributed by atoms with van der Waals surface area (Å²) < 4.78 is 70.1. The van der Waals surface area contributed by atoms with Crippen LogP contribution in [0.1, 0.15) is 35.2 Å². The molecule has 1 heterocycles. The van der Waals surface area contributed by atoms with Crippen molar-refractivity contribution < 1.29 is 41.0 Å². The number of esters is 1. The van der Waals surface area contributed by atoms with E-state index in [1.165, 1.54) is 0 Å². The molecule has 0 spiro atoms. The van der Waals surface area contributed by atoms with Crippen LogP contribution in [-0.4, -0.2) is 49.5 Å². The molecule has 144 valence electrons. The molecule has 7 nitrogen and oxygen atoms in total. The van der Waals surface area contributed by atoms with Crippen molar-refractivity contribution in [1.29, 1.82) is 0 Å². The number of hydrogen-bond donors (Lipinski definition) is 1. The molecule has 1 aliphatic heterocycles. The van der Waals surface area contributed by atoms with Gasteiger partial charge in [0.2, 0.25) is 10.0 Å². The van der Waals surface area contributed by atoms with E-state index in [2.05, 4.69) is 4.74 Å². The van der Waals surface area contributed by atoms with E-state index in [4.69, 9.17) is 0 Å². The molecule has 0 bridgehead atoms. The standard InChI is InChI=1S/C15H16F3NO6S/c1-25-14(22)10-6-5-9(8-11(10)15(16,17)18)26(23,24)19-7-3-2-4-12(19)13(20)21/h5-6,8,12H,2-4,7H2,1H3,(H,20,21). The normalized spacial score (nSPS) is 19.2. The van der Waals surface area contributed by atoms with Crippen molar-refractivity contribution in [1.82, 2.24) is 4.31 Å². The fourth-order valence-corrected chi connectivity index (χ4v) is 4.46. The maximum atomic E-state index is 13.3. The molecule has 2 rings (SSSR count). The molecule has 0 saturated carbocycles. The third-order valence-corrected chi connectivity index (χ3v) is 5.95. The van der Waals surface area contributed by atoms with Crippen LogP contribution in [0, 0.1) is 0 Å². The Morgan fingerprint density at radius 1 is 1.27 bits per heavy atom. The number of halogens is 3. The number of sulfonamides is 1. The highest BCUT2D eigenvalue weighted by atomic mass is 32.2. The molecule has 1 N–H and O–H groups in total. The van der Waals surface area contributed by atoms with Crippen LogP contribution in [0.5, 0.6) is 0 Å². The number of alkyl halides is 3. The van der Waals surface area contributed by atoms with Gasteiger partial charge in [-0.05, 0) is 37.5 Å². The molecule has 11 heteroatoms. The quantitative estimate of drug-likeness (QED) is 0.784. The summed E-state index contributed by atoms with van der Waals surface area (Å²) in [5, 5.41) is 9.20. The fraction of sp³-hybridized carbons (Fsp3) is 0.467. The lowest BCUT2D eigenvalue weighted by molar-refractivity contribution is -0.142. The Bertz CT molecular complexity index is 821. The molecule has 1 unspecified atom stereocenters. The molecule has 1 atom stereocenters. The second-order valence-electron chi connectivity index (χ2n) is 5.66. The number of piperidine rings is 1. The van der Waals surface area contributed by atoms with Gasteiger partial charge in [0.05, 0.1) is 23.1 Å². The molecule has 0 aliphatic carbocycles. The number of hydrogen-bond acceptors (Lipinski definition) is 5. The Morgan fingerprint density at radius 3 is 2.46 bits per heavy atom. The smallest absolute Gasteiger partial charge is 0.417 e. The Labute approximate surface area is 147 Å². The number of aliphatic carboxylic acids is 1. The minimum Gasteiger partial charge on any atom is -0.480 e. The monoisotopic (exact) mass is 395 g/mol. The van der Waals surface area contributed by atoms with Crippen molar-refractivity contribution in [2.45, 2.75) is 36.4 Å². The molecule has 1 aromatic rings. The first-order chi connectivity index (χ1) is 12.0. The first-order valence-corrected chi connectivity index (χ1v) is 8.98. The van der Waals surface area contributed by atoms with Crippen molar-refractivity contribution in [2.24, 2.45) is 0 Å². The minimum atomic E-state index is -5.00. The van der Waals surface area contributed by atoms with Crippen LogP contribution in [0.15, 0.2) is 23.1 Å². The molecule has 0 radical (unpaired) electrons. The average Bonchev–Trinajstić information content (AvgIpc) is 2.59. The maximum absolute atomic E-state index is 13.3.